The highest BCUT2D eigenvalue weighted by Crippen LogP contribution is 2.29. The van der Waals surface area contributed by atoms with Crippen molar-refractivity contribution >= 4 is 5.91 Å². The lowest BCUT2D eigenvalue weighted by Gasteiger charge is -2.30. The Morgan fingerprint density at radius 3 is 2.54 bits per heavy atom. The third-order valence-electron chi connectivity index (χ3n) is 4.32. The van der Waals surface area contributed by atoms with Crippen LogP contribution in [0, 0.1) is 0 Å². The molecule has 6 nitrogen and oxygen atoms in total. The molecule has 2 aromatic heterocycles. The highest BCUT2D eigenvalue weighted by atomic mass is 16.4. The van der Waals surface area contributed by atoms with E-state index in [1.54, 1.807) is 18.4 Å². The molecular weight excluding hydrogens is 306 g/mol. The molecule has 1 saturated heterocycles. The van der Waals surface area contributed by atoms with Crippen LogP contribution in [0.2, 0.25) is 0 Å². The van der Waals surface area contributed by atoms with Crippen LogP contribution in [0.5, 0.6) is 0 Å². The molecule has 4 rings (SSSR count). The minimum atomic E-state index is 0.0795. The van der Waals surface area contributed by atoms with Gasteiger partial charge in [-0.05, 0) is 37.1 Å². The topological polar surface area (TPSA) is 72.4 Å². The Balaban J connectivity index is 1.40. The van der Waals surface area contributed by atoms with E-state index in [0.717, 1.165) is 18.4 Å². The summed E-state index contributed by atoms with van der Waals surface area (Å²) in [6.07, 6.45) is 3.21. The van der Waals surface area contributed by atoms with Gasteiger partial charge in [-0.1, -0.05) is 18.2 Å². The number of carbonyl (C=O) groups is 1. The number of aromatic nitrogens is 2. The van der Waals surface area contributed by atoms with E-state index in [0.29, 0.717) is 30.6 Å². The molecular formula is C18H17N3O3. The van der Waals surface area contributed by atoms with E-state index in [-0.39, 0.29) is 11.8 Å². The lowest BCUT2D eigenvalue weighted by molar-refractivity contribution is 0.0706. The average molecular weight is 323 g/mol. The predicted molar refractivity (Wildman–Crippen MR) is 86.3 cm³/mol. The third-order valence-corrected chi connectivity index (χ3v) is 4.32. The van der Waals surface area contributed by atoms with Gasteiger partial charge in [-0.15, -0.1) is 10.2 Å². The highest BCUT2D eigenvalue weighted by molar-refractivity contribution is 5.94. The van der Waals surface area contributed by atoms with Crippen molar-refractivity contribution in [3.8, 4) is 11.7 Å². The number of piperidine rings is 1. The molecule has 6 heteroatoms. The molecule has 3 aromatic rings. The summed E-state index contributed by atoms with van der Waals surface area (Å²) in [5.41, 5.74) is 0.730. The van der Waals surface area contributed by atoms with Crippen molar-refractivity contribution in [3.05, 3.63) is 60.2 Å². The van der Waals surface area contributed by atoms with Gasteiger partial charge in [0.2, 0.25) is 5.89 Å². The van der Waals surface area contributed by atoms with Gasteiger partial charge >= 0.3 is 0 Å². The van der Waals surface area contributed by atoms with Crippen LogP contribution >= 0.6 is 0 Å². The van der Waals surface area contributed by atoms with E-state index in [1.165, 1.54) is 0 Å². The van der Waals surface area contributed by atoms with Gasteiger partial charge in [-0.25, -0.2) is 0 Å². The number of amides is 1. The fourth-order valence-corrected chi connectivity index (χ4v) is 2.99. The second-order valence-electron chi connectivity index (χ2n) is 5.86. The molecule has 1 fully saturated rings. The number of hydrogen-bond acceptors (Lipinski definition) is 5. The quantitative estimate of drug-likeness (QED) is 0.739. The summed E-state index contributed by atoms with van der Waals surface area (Å²) in [4.78, 5) is 14.3. The Hall–Kier alpha value is -2.89. The first kappa shape index (κ1) is 14.7. The number of nitrogens with zero attached hydrogens (tertiary/aromatic N) is 3. The molecule has 0 aliphatic carbocycles. The molecule has 1 aromatic carbocycles. The van der Waals surface area contributed by atoms with E-state index >= 15 is 0 Å². The Morgan fingerprint density at radius 1 is 1.04 bits per heavy atom. The number of furan rings is 1. The number of likely N-dealkylation sites (tertiary alicyclic amines) is 1. The summed E-state index contributed by atoms with van der Waals surface area (Å²) < 4.78 is 11.0. The Kier molecular flexibility index (Phi) is 3.86. The molecule has 3 heterocycles. The van der Waals surface area contributed by atoms with E-state index in [4.69, 9.17) is 8.83 Å². The molecule has 0 atom stereocenters. The number of hydrogen-bond donors (Lipinski definition) is 0. The normalized spacial score (nSPS) is 15.6. The highest BCUT2D eigenvalue weighted by Gasteiger charge is 2.28. The molecule has 1 aliphatic rings. The SMILES string of the molecule is O=C(c1ccccc1)N1CCC(c2nnc(-c3ccco3)o2)CC1. The van der Waals surface area contributed by atoms with Gasteiger partial charge in [0.1, 0.15) is 0 Å². The van der Waals surface area contributed by atoms with Gasteiger partial charge in [-0.2, -0.15) is 0 Å². The third kappa shape index (κ3) is 2.82. The molecule has 1 amide bonds. The maximum atomic E-state index is 12.5. The number of carbonyl (C=O) groups excluding carboxylic acids is 1. The van der Waals surface area contributed by atoms with Crippen LogP contribution in [0.15, 0.2) is 57.6 Å². The minimum absolute atomic E-state index is 0.0795. The lowest BCUT2D eigenvalue weighted by Crippen LogP contribution is -2.37. The van der Waals surface area contributed by atoms with Crippen LogP contribution in [0.25, 0.3) is 11.7 Å². The van der Waals surface area contributed by atoms with E-state index in [2.05, 4.69) is 10.2 Å². The van der Waals surface area contributed by atoms with Gasteiger partial charge in [0.25, 0.3) is 11.8 Å². The zero-order valence-electron chi connectivity index (χ0n) is 13.1. The molecule has 0 N–H and O–H groups in total. The molecule has 0 unspecified atom stereocenters. The van der Waals surface area contributed by atoms with Crippen molar-refractivity contribution in [2.45, 2.75) is 18.8 Å². The molecule has 1 aliphatic heterocycles. The number of benzene rings is 1. The minimum Gasteiger partial charge on any atom is -0.459 e. The van der Waals surface area contributed by atoms with Crippen LogP contribution in [0.1, 0.15) is 35.0 Å². The second-order valence-corrected chi connectivity index (χ2v) is 5.86. The van der Waals surface area contributed by atoms with Crippen LogP contribution in [0.4, 0.5) is 0 Å². The zero-order chi connectivity index (χ0) is 16.4. The standard InChI is InChI=1S/C18H17N3O3/c22-18(14-5-2-1-3-6-14)21-10-8-13(9-11-21)16-19-20-17(24-16)15-7-4-12-23-15/h1-7,12-13H,8-11H2. The summed E-state index contributed by atoms with van der Waals surface area (Å²) in [7, 11) is 0. The first-order valence-corrected chi connectivity index (χ1v) is 8.03. The van der Waals surface area contributed by atoms with Crippen LogP contribution in [0.3, 0.4) is 0 Å². The zero-order valence-corrected chi connectivity index (χ0v) is 13.1. The van der Waals surface area contributed by atoms with Crippen LogP contribution in [-0.4, -0.2) is 34.1 Å². The summed E-state index contributed by atoms with van der Waals surface area (Å²) >= 11 is 0. The van der Waals surface area contributed by atoms with Crippen molar-refractivity contribution in [2.75, 3.05) is 13.1 Å². The van der Waals surface area contributed by atoms with Gasteiger partial charge in [0.05, 0.1) is 6.26 Å². The largest absolute Gasteiger partial charge is 0.459 e. The lowest BCUT2D eigenvalue weighted by atomic mass is 9.96. The fraction of sp³-hybridized carbons (Fsp3) is 0.278. The van der Waals surface area contributed by atoms with E-state index in [9.17, 15) is 4.79 Å². The van der Waals surface area contributed by atoms with Crippen molar-refractivity contribution < 1.29 is 13.6 Å². The maximum Gasteiger partial charge on any atom is 0.283 e. The fourth-order valence-electron chi connectivity index (χ4n) is 2.99. The summed E-state index contributed by atoms with van der Waals surface area (Å²) in [6, 6.07) is 13.0. The number of rotatable bonds is 3. The Labute approximate surface area is 139 Å². The van der Waals surface area contributed by atoms with Crippen LogP contribution in [-0.2, 0) is 0 Å². The second kappa shape index (κ2) is 6.31. The summed E-state index contributed by atoms with van der Waals surface area (Å²) in [5, 5.41) is 8.19. The summed E-state index contributed by atoms with van der Waals surface area (Å²) in [6.45, 7) is 1.38. The molecule has 0 bridgehead atoms. The smallest absolute Gasteiger partial charge is 0.283 e. The monoisotopic (exact) mass is 323 g/mol. The average Bonchev–Trinajstić information content (AvgIpc) is 3.33. The molecule has 0 spiro atoms. The first-order chi connectivity index (χ1) is 11.8. The van der Waals surface area contributed by atoms with E-state index in [1.807, 2.05) is 35.2 Å². The summed E-state index contributed by atoms with van der Waals surface area (Å²) in [5.74, 6) is 1.85. The Morgan fingerprint density at radius 2 is 1.83 bits per heavy atom. The Bertz CT molecular complexity index is 803. The van der Waals surface area contributed by atoms with E-state index < -0.39 is 0 Å². The van der Waals surface area contributed by atoms with Crippen molar-refractivity contribution in [3.63, 3.8) is 0 Å². The first-order valence-electron chi connectivity index (χ1n) is 8.03. The van der Waals surface area contributed by atoms with Crippen molar-refractivity contribution in [1.82, 2.24) is 15.1 Å². The molecule has 0 radical (unpaired) electrons. The van der Waals surface area contributed by atoms with Gasteiger partial charge in [-0.3, -0.25) is 4.79 Å². The van der Waals surface area contributed by atoms with Crippen molar-refractivity contribution in [2.24, 2.45) is 0 Å². The van der Waals surface area contributed by atoms with Crippen LogP contribution < -0.4 is 0 Å². The van der Waals surface area contributed by atoms with Gasteiger partial charge in [0.15, 0.2) is 5.76 Å². The molecule has 122 valence electrons. The predicted octanol–water partition coefficient (Wildman–Crippen LogP) is 3.35. The molecule has 0 saturated carbocycles. The van der Waals surface area contributed by atoms with Gasteiger partial charge in [0, 0.05) is 24.6 Å². The maximum absolute atomic E-state index is 12.5. The van der Waals surface area contributed by atoms with Gasteiger partial charge < -0.3 is 13.7 Å². The molecule has 24 heavy (non-hydrogen) atoms. The van der Waals surface area contributed by atoms with Crippen molar-refractivity contribution in [1.29, 1.82) is 0 Å².